The molecular weight excluding hydrogens is 292 g/mol. The van der Waals surface area contributed by atoms with Gasteiger partial charge in [-0.15, -0.1) is 0 Å². The van der Waals surface area contributed by atoms with Crippen molar-refractivity contribution in [2.45, 2.75) is 45.7 Å². The van der Waals surface area contributed by atoms with Gasteiger partial charge in [-0.2, -0.15) is 0 Å². The third-order valence-electron chi connectivity index (χ3n) is 4.57. The molecule has 0 saturated carbocycles. The maximum atomic E-state index is 12.2. The van der Waals surface area contributed by atoms with Crippen LogP contribution in [0.5, 0.6) is 0 Å². The predicted octanol–water partition coefficient (Wildman–Crippen LogP) is 1.53. The van der Waals surface area contributed by atoms with Gasteiger partial charge in [-0.05, 0) is 13.3 Å². The molecule has 0 N–H and O–H groups in total. The number of imidazole rings is 1. The summed E-state index contributed by atoms with van der Waals surface area (Å²) in [6, 6.07) is -0.0277. The topological polar surface area (TPSA) is 58.4 Å². The summed E-state index contributed by atoms with van der Waals surface area (Å²) < 4.78 is 2.09. The van der Waals surface area contributed by atoms with E-state index in [0.717, 1.165) is 24.5 Å². The Morgan fingerprint density at radius 3 is 2.65 bits per heavy atom. The smallest absolute Gasteiger partial charge is 0.229 e. The molecule has 6 nitrogen and oxygen atoms in total. The second kappa shape index (κ2) is 6.56. The number of rotatable bonds is 4. The predicted molar refractivity (Wildman–Crippen MR) is 86.7 cm³/mol. The Hall–Kier alpha value is -2.11. The highest BCUT2D eigenvalue weighted by Gasteiger charge is 2.29. The third kappa shape index (κ3) is 3.16. The normalized spacial score (nSPS) is 20.0. The van der Waals surface area contributed by atoms with Gasteiger partial charge in [0.2, 0.25) is 11.8 Å². The number of nitrogens with zero attached hydrogens (tertiary/aromatic N) is 4. The van der Waals surface area contributed by atoms with Gasteiger partial charge in [-0.3, -0.25) is 9.59 Å². The van der Waals surface area contributed by atoms with Gasteiger partial charge in [-0.1, -0.05) is 19.1 Å². The van der Waals surface area contributed by atoms with Crippen molar-refractivity contribution < 1.29 is 9.59 Å². The van der Waals surface area contributed by atoms with Crippen molar-refractivity contribution in [3.05, 3.63) is 29.9 Å². The maximum Gasteiger partial charge on any atom is 0.229 e. The van der Waals surface area contributed by atoms with Crippen LogP contribution in [0.2, 0.25) is 0 Å². The molecule has 0 fully saturated rings. The highest BCUT2D eigenvalue weighted by Crippen LogP contribution is 2.25. The standard InChI is InChI=1S/C17H24N4O2/c1-3-6-15(22)21-10-9-20-12-14(18-17(20)13(21)2)11-16(23)19-7-4-5-8-19/h4-5,12-13H,3,6-11H2,1-2H3. The highest BCUT2D eigenvalue weighted by atomic mass is 16.2. The minimum atomic E-state index is -0.0277. The molecule has 1 unspecified atom stereocenters. The molecule has 0 aromatic carbocycles. The molecule has 2 aliphatic rings. The van der Waals surface area contributed by atoms with Crippen molar-refractivity contribution >= 4 is 11.8 Å². The molecule has 0 saturated heterocycles. The summed E-state index contributed by atoms with van der Waals surface area (Å²) in [5, 5.41) is 0. The van der Waals surface area contributed by atoms with Gasteiger partial charge in [0.05, 0.1) is 18.2 Å². The largest absolute Gasteiger partial charge is 0.335 e. The van der Waals surface area contributed by atoms with E-state index < -0.39 is 0 Å². The van der Waals surface area contributed by atoms with E-state index in [1.54, 1.807) is 0 Å². The Morgan fingerprint density at radius 2 is 1.96 bits per heavy atom. The van der Waals surface area contributed by atoms with Crippen molar-refractivity contribution in [1.82, 2.24) is 19.4 Å². The Balaban J connectivity index is 1.70. The Labute approximate surface area is 136 Å². The Morgan fingerprint density at radius 1 is 1.22 bits per heavy atom. The van der Waals surface area contributed by atoms with Crippen LogP contribution in [0.3, 0.4) is 0 Å². The first-order valence-electron chi connectivity index (χ1n) is 8.38. The molecule has 0 bridgehead atoms. The van der Waals surface area contributed by atoms with Gasteiger partial charge in [0.15, 0.2) is 0 Å². The average Bonchev–Trinajstić information content (AvgIpc) is 3.16. The third-order valence-corrected chi connectivity index (χ3v) is 4.57. The highest BCUT2D eigenvalue weighted by molar-refractivity contribution is 5.79. The molecule has 23 heavy (non-hydrogen) atoms. The minimum absolute atomic E-state index is 0.0277. The quantitative estimate of drug-likeness (QED) is 0.792. The van der Waals surface area contributed by atoms with E-state index in [1.807, 2.05) is 42.0 Å². The number of carbonyl (C=O) groups is 2. The van der Waals surface area contributed by atoms with Crippen LogP contribution in [0, 0.1) is 0 Å². The zero-order chi connectivity index (χ0) is 16.4. The van der Waals surface area contributed by atoms with Crippen LogP contribution in [0.25, 0.3) is 0 Å². The summed E-state index contributed by atoms with van der Waals surface area (Å²) in [6.07, 6.45) is 7.76. The monoisotopic (exact) mass is 316 g/mol. The number of aromatic nitrogens is 2. The summed E-state index contributed by atoms with van der Waals surface area (Å²) in [5.74, 6) is 1.19. The molecule has 124 valence electrons. The SMILES string of the molecule is CCCC(=O)N1CCn2cc(CC(=O)N3CC=CC3)nc2C1C. The van der Waals surface area contributed by atoms with E-state index in [0.29, 0.717) is 32.5 Å². The van der Waals surface area contributed by atoms with Crippen molar-refractivity contribution in [3.63, 3.8) is 0 Å². The van der Waals surface area contributed by atoms with Crippen LogP contribution >= 0.6 is 0 Å². The second-order valence-electron chi connectivity index (χ2n) is 6.24. The van der Waals surface area contributed by atoms with Crippen LogP contribution in [0.1, 0.15) is 44.2 Å². The molecular formula is C17H24N4O2. The van der Waals surface area contributed by atoms with Crippen molar-refractivity contribution in [2.24, 2.45) is 0 Å². The van der Waals surface area contributed by atoms with E-state index in [4.69, 9.17) is 0 Å². The van der Waals surface area contributed by atoms with E-state index in [-0.39, 0.29) is 17.9 Å². The van der Waals surface area contributed by atoms with Crippen LogP contribution in [-0.4, -0.2) is 50.8 Å². The van der Waals surface area contributed by atoms with E-state index in [9.17, 15) is 9.59 Å². The molecule has 6 heteroatoms. The first kappa shape index (κ1) is 15.8. The van der Waals surface area contributed by atoms with E-state index >= 15 is 0 Å². The van der Waals surface area contributed by atoms with Crippen LogP contribution < -0.4 is 0 Å². The molecule has 2 aliphatic heterocycles. The Kier molecular flexibility index (Phi) is 4.50. The number of carbonyl (C=O) groups excluding carboxylic acids is 2. The lowest BCUT2D eigenvalue weighted by molar-refractivity contribution is -0.134. The fraction of sp³-hybridized carbons (Fsp3) is 0.588. The van der Waals surface area contributed by atoms with Gasteiger partial charge >= 0.3 is 0 Å². The molecule has 3 rings (SSSR count). The van der Waals surface area contributed by atoms with E-state index in [1.165, 1.54) is 0 Å². The zero-order valence-corrected chi connectivity index (χ0v) is 13.9. The molecule has 0 aliphatic carbocycles. The van der Waals surface area contributed by atoms with Gasteiger partial charge in [0.25, 0.3) is 0 Å². The van der Waals surface area contributed by atoms with Crippen LogP contribution in [-0.2, 0) is 22.6 Å². The van der Waals surface area contributed by atoms with Gasteiger partial charge < -0.3 is 14.4 Å². The van der Waals surface area contributed by atoms with E-state index in [2.05, 4.69) is 9.55 Å². The van der Waals surface area contributed by atoms with Gasteiger partial charge in [0.1, 0.15) is 5.82 Å². The van der Waals surface area contributed by atoms with Crippen LogP contribution in [0.4, 0.5) is 0 Å². The van der Waals surface area contributed by atoms with Crippen molar-refractivity contribution in [2.75, 3.05) is 19.6 Å². The molecule has 1 aromatic heterocycles. The molecule has 3 heterocycles. The fourth-order valence-electron chi connectivity index (χ4n) is 3.28. The van der Waals surface area contributed by atoms with Crippen LogP contribution in [0.15, 0.2) is 18.3 Å². The summed E-state index contributed by atoms with van der Waals surface area (Å²) in [4.78, 5) is 32.8. The summed E-state index contributed by atoms with van der Waals surface area (Å²) in [5.41, 5.74) is 0.800. The number of hydrogen-bond donors (Lipinski definition) is 0. The number of fused-ring (bicyclic) bond motifs is 1. The lowest BCUT2D eigenvalue weighted by atomic mass is 10.2. The molecule has 1 aromatic rings. The first-order chi connectivity index (χ1) is 11.1. The second-order valence-corrected chi connectivity index (χ2v) is 6.24. The Bertz CT molecular complexity index is 627. The first-order valence-corrected chi connectivity index (χ1v) is 8.38. The molecule has 1 atom stereocenters. The van der Waals surface area contributed by atoms with Gasteiger partial charge in [0, 0.05) is 38.8 Å². The molecule has 2 amide bonds. The summed E-state index contributed by atoms with van der Waals surface area (Å²) >= 11 is 0. The minimum Gasteiger partial charge on any atom is -0.335 e. The summed E-state index contributed by atoms with van der Waals surface area (Å²) in [7, 11) is 0. The lowest BCUT2D eigenvalue weighted by Crippen LogP contribution is -2.40. The lowest BCUT2D eigenvalue weighted by Gasteiger charge is -2.33. The van der Waals surface area contributed by atoms with Gasteiger partial charge in [-0.25, -0.2) is 4.98 Å². The number of amides is 2. The van der Waals surface area contributed by atoms with Crippen molar-refractivity contribution in [3.8, 4) is 0 Å². The fourth-order valence-corrected chi connectivity index (χ4v) is 3.28. The molecule has 0 radical (unpaired) electrons. The zero-order valence-electron chi connectivity index (χ0n) is 13.9. The summed E-state index contributed by atoms with van der Waals surface area (Å²) in [6.45, 7) is 6.89. The van der Waals surface area contributed by atoms with Crippen molar-refractivity contribution in [1.29, 1.82) is 0 Å². The average molecular weight is 316 g/mol. The number of hydrogen-bond acceptors (Lipinski definition) is 3. The maximum absolute atomic E-state index is 12.2. The molecule has 0 spiro atoms.